The molecular weight excluding hydrogens is 250 g/mol. The van der Waals surface area contributed by atoms with Gasteiger partial charge in [0.2, 0.25) is 5.88 Å². The average Bonchev–Trinajstić information content (AvgIpc) is 2.41. The summed E-state index contributed by atoms with van der Waals surface area (Å²) in [4.78, 5) is 18.2. The molecule has 0 aliphatic carbocycles. The Balaban J connectivity index is 2.33. The van der Waals surface area contributed by atoms with Crippen molar-refractivity contribution in [3.8, 4) is 11.6 Å². The predicted molar refractivity (Wildman–Crippen MR) is 67.7 cm³/mol. The van der Waals surface area contributed by atoms with Crippen molar-refractivity contribution in [2.24, 2.45) is 5.84 Å². The van der Waals surface area contributed by atoms with Gasteiger partial charge in [0.05, 0.1) is 22.9 Å². The molecule has 1 heterocycles. The number of nitrogens with two attached hydrogens (primary N) is 1. The molecule has 0 aliphatic heterocycles. The molecule has 2 rings (SSSR count). The minimum atomic E-state index is -0.467. The van der Waals surface area contributed by atoms with E-state index >= 15 is 0 Å². The van der Waals surface area contributed by atoms with E-state index < -0.39 is 4.92 Å². The van der Waals surface area contributed by atoms with Crippen molar-refractivity contribution >= 4 is 11.5 Å². The van der Waals surface area contributed by atoms with Crippen LogP contribution >= 0.6 is 0 Å². The Labute approximate surface area is 108 Å². The van der Waals surface area contributed by atoms with Crippen molar-refractivity contribution in [2.75, 3.05) is 5.43 Å². The lowest BCUT2D eigenvalue weighted by molar-refractivity contribution is -0.385. The van der Waals surface area contributed by atoms with Gasteiger partial charge in [-0.15, -0.1) is 0 Å². The minimum absolute atomic E-state index is 0.0152. The zero-order valence-electron chi connectivity index (χ0n) is 10.0. The highest BCUT2D eigenvalue weighted by Crippen LogP contribution is 2.30. The number of rotatable bonds is 4. The molecule has 0 radical (unpaired) electrons. The van der Waals surface area contributed by atoms with Crippen molar-refractivity contribution in [1.82, 2.24) is 9.97 Å². The van der Waals surface area contributed by atoms with E-state index in [1.54, 1.807) is 19.1 Å². The highest BCUT2D eigenvalue weighted by molar-refractivity contribution is 5.49. The monoisotopic (exact) mass is 261 g/mol. The Hall–Kier alpha value is -2.74. The molecule has 2 aromatic rings. The second-order valence-electron chi connectivity index (χ2n) is 3.65. The first-order valence-electron chi connectivity index (χ1n) is 5.32. The number of hydrazine groups is 1. The quantitative estimate of drug-likeness (QED) is 0.489. The van der Waals surface area contributed by atoms with Crippen LogP contribution in [0.1, 0.15) is 5.56 Å². The van der Waals surface area contributed by atoms with Crippen LogP contribution in [0.4, 0.5) is 11.5 Å². The van der Waals surface area contributed by atoms with Gasteiger partial charge in [-0.25, -0.2) is 5.84 Å². The summed E-state index contributed by atoms with van der Waals surface area (Å²) in [5, 5.41) is 10.8. The fourth-order valence-electron chi connectivity index (χ4n) is 1.49. The maximum absolute atomic E-state index is 10.8. The maximum atomic E-state index is 10.8. The van der Waals surface area contributed by atoms with Gasteiger partial charge in [0, 0.05) is 6.07 Å². The summed E-state index contributed by atoms with van der Waals surface area (Å²) in [6.45, 7) is 1.60. The third-order valence-corrected chi connectivity index (χ3v) is 2.43. The summed E-state index contributed by atoms with van der Waals surface area (Å²) in [5.74, 6) is 6.08. The molecular formula is C11H11N5O3. The minimum Gasteiger partial charge on any atom is -0.437 e. The van der Waals surface area contributed by atoms with E-state index in [2.05, 4.69) is 15.4 Å². The zero-order valence-corrected chi connectivity index (χ0v) is 10.0. The first kappa shape index (κ1) is 12.7. The molecule has 19 heavy (non-hydrogen) atoms. The second kappa shape index (κ2) is 5.27. The number of hydrogen-bond acceptors (Lipinski definition) is 7. The topological polar surface area (TPSA) is 116 Å². The lowest BCUT2D eigenvalue weighted by Crippen LogP contribution is -2.09. The predicted octanol–water partition coefficient (Wildman–Crippen LogP) is 1.77. The molecule has 98 valence electrons. The molecule has 0 unspecified atom stereocenters. The maximum Gasteiger partial charge on any atom is 0.276 e. The summed E-state index contributed by atoms with van der Waals surface area (Å²) < 4.78 is 5.47. The van der Waals surface area contributed by atoms with Crippen LogP contribution in [0.15, 0.2) is 30.6 Å². The number of nitrogen functional groups attached to an aromatic ring is 1. The Morgan fingerprint density at radius 3 is 2.89 bits per heavy atom. The van der Waals surface area contributed by atoms with Gasteiger partial charge in [-0.2, -0.15) is 4.98 Å². The van der Waals surface area contributed by atoms with Crippen molar-refractivity contribution in [3.05, 3.63) is 46.3 Å². The molecule has 0 bridgehead atoms. The molecule has 1 aromatic carbocycles. The van der Waals surface area contributed by atoms with Gasteiger partial charge in [0.15, 0.2) is 5.82 Å². The molecule has 0 aliphatic rings. The van der Waals surface area contributed by atoms with Crippen LogP contribution in [0.5, 0.6) is 11.6 Å². The first-order valence-corrected chi connectivity index (χ1v) is 5.32. The van der Waals surface area contributed by atoms with Crippen molar-refractivity contribution in [1.29, 1.82) is 0 Å². The van der Waals surface area contributed by atoms with E-state index in [-0.39, 0.29) is 11.6 Å². The van der Waals surface area contributed by atoms with E-state index in [0.29, 0.717) is 17.1 Å². The summed E-state index contributed by atoms with van der Waals surface area (Å²) >= 11 is 0. The number of benzene rings is 1. The van der Waals surface area contributed by atoms with Crippen molar-refractivity contribution in [3.63, 3.8) is 0 Å². The average molecular weight is 261 g/mol. The highest BCUT2D eigenvalue weighted by atomic mass is 16.6. The molecule has 0 spiro atoms. The van der Waals surface area contributed by atoms with Crippen LogP contribution in [0.3, 0.4) is 0 Å². The Morgan fingerprint density at radius 2 is 2.21 bits per heavy atom. The molecule has 0 atom stereocenters. The first-order chi connectivity index (χ1) is 9.11. The number of hydrogen-bond donors (Lipinski definition) is 2. The van der Waals surface area contributed by atoms with Gasteiger partial charge >= 0.3 is 0 Å². The largest absolute Gasteiger partial charge is 0.437 e. The van der Waals surface area contributed by atoms with Crippen molar-refractivity contribution in [2.45, 2.75) is 6.92 Å². The van der Waals surface area contributed by atoms with Crippen LogP contribution in [0, 0.1) is 17.0 Å². The number of nitro groups is 1. The van der Waals surface area contributed by atoms with Crippen LogP contribution in [0.25, 0.3) is 0 Å². The number of nitrogens with one attached hydrogen (secondary N) is 1. The Kier molecular flexibility index (Phi) is 3.53. The molecule has 1 aromatic heterocycles. The van der Waals surface area contributed by atoms with E-state index in [4.69, 9.17) is 10.6 Å². The van der Waals surface area contributed by atoms with E-state index in [0.717, 1.165) is 0 Å². The summed E-state index contributed by atoms with van der Waals surface area (Å²) in [7, 11) is 0. The van der Waals surface area contributed by atoms with Gasteiger partial charge in [-0.05, 0) is 13.0 Å². The summed E-state index contributed by atoms with van der Waals surface area (Å²) in [6, 6.07) is 4.57. The molecule has 3 N–H and O–H groups in total. The lowest BCUT2D eigenvalue weighted by atomic mass is 10.2. The third kappa shape index (κ3) is 2.75. The molecule has 0 saturated carbocycles. The van der Waals surface area contributed by atoms with E-state index in [1.807, 2.05) is 0 Å². The molecule has 8 heteroatoms. The molecule has 8 nitrogen and oxygen atoms in total. The van der Waals surface area contributed by atoms with Crippen LogP contribution in [0.2, 0.25) is 0 Å². The lowest BCUT2D eigenvalue weighted by Gasteiger charge is -2.08. The van der Waals surface area contributed by atoms with E-state index in [9.17, 15) is 10.1 Å². The summed E-state index contributed by atoms with van der Waals surface area (Å²) in [5.41, 5.74) is 2.74. The van der Waals surface area contributed by atoms with Crippen LogP contribution in [-0.2, 0) is 0 Å². The fraction of sp³-hybridized carbons (Fsp3) is 0.0909. The second-order valence-corrected chi connectivity index (χ2v) is 3.65. The molecule has 0 fully saturated rings. The number of nitrogens with zero attached hydrogens (tertiary/aromatic N) is 3. The smallest absolute Gasteiger partial charge is 0.276 e. The number of aromatic nitrogens is 2. The van der Waals surface area contributed by atoms with Gasteiger partial charge in [0.25, 0.3) is 5.69 Å². The third-order valence-electron chi connectivity index (χ3n) is 2.43. The number of anilines is 1. The standard InChI is InChI=1S/C11H11N5O3/c1-7-8(16(17)18)3-2-4-9(7)19-11-6-13-5-10(14-11)15-12/h2-6H,12H2,1H3,(H,14,15). The van der Waals surface area contributed by atoms with Crippen LogP contribution in [-0.4, -0.2) is 14.9 Å². The Morgan fingerprint density at radius 1 is 1.42 bits per heavy atom. The molecule has 0 amide bonds. The van der Waals surface area contributed by atoms with E-state index in [1.165, 1.54) is 18.5 Å². The number of nitro benzene ring substituents is 1. The van der Waals surface area contributed by atoms with Crippen molar-refractivity contribution < 1.29 is 9.66 Å². The summed E-state index contributed by atoms with van der Waals surface area (Å²) in [6.07, 6.45) is 2.81. The van der Waals surface area contributed by atoms with Crippen LogP contribution < -0.4 is 16.0 Å². The normalized spacial score (nSPS) is 10.0. The van der Waals surface area contributed by atoms with Gasteiger partial charge < -0.3 is 10.2 Å². The molecule has 0 saturated heterocycles. The fourth-order valence-corrected chi connectivity index (χ4v) is 1.49. The highest BCUT2D eigenvalue weighted by Gasteiger charge is 2.15. The number of ether oxygens (including phenoxy) is 1. The SMILES string of the molecule is Cc1c(Oc2cncc(NN)n2)cccc1[N+](=O)[O-]. The zero-order chi connectivity index (χ0) is 13.8. The van der Waals surface area contributed by atoms with Gasteiger partial charge in [0.1, 0.15) is 5.75 Å². The van der Waals surface area contributed by atoms with Gasteiger partial charge in [-0.1, -0.05) is 6.07 Å². The van der Waals surface area contributed by atoms with Gasteiger partial charge in [-0.3, -0.25) is 15.1 Å². The Bertz CT molecular complexity index is 617.